The normalized spacial score (nSPS) is 22.6. The van der Waals surface area contributed by atoms with E-state index < -0.39 is 0 Å². The molecule has 0 saturated carbocycles. The lowest BCUT2D eigenvalue weighted by Gasteiger charge is -2.15. The average molecular weight is 269 g/mol. The predicted molar refractivity (Wildman–Crippen MR) is 74.6 cm³/mol. The molecule has 4 nitrogen and oxygen atoms in total. The van der Waals surface area contributed by atoms with Crippen molar-refractivity contribution in [3.05, 3.63) is 0 Å². The van der Waals surface area contributed by atoms with E-state index in [2.05, 4.69) is 6.92 Å². The average Bonchev–Trinajstić information content (AvgIpc) is 2.79. The largest absolute Gasteiger partial charge is 0.469 e. The monoisotopic (exact) mass is 269 g/mol. The van der Waals surface area contributed by atoms with Gasteiger partial charge in [0.15, 0.2) is 0 Å². The number of likely N-dealkylation sites (tertiary alicyclic amines) is 1. The zero-order valence-electron chi connectivity index (χ0n) is 12.5. The fraction of sp³-hybridized carbons (Fsp3) is 0.867. The molecule has 0 aromatic heterocycles. The summed E-state index contributed by atoms with van der Waals surface area (Å²) in [7, 11) is 1.41. The number of unbranched alkanes of at least 4 members (excludes halogenated alkanes) is 4. The Kier molecular flexibility index (Phi) is 6.89. The zero-order chi connectivity index (χ0) is 14.3. The molecule has 0 bridgehead atoms. The lowest BCUT2D eigenvalue weighted by Crippen LogP contribution is -2.29. The Labute approximate surface area is 116 Å². The maximum absolute atomic E-state index is 12.1. The summed E-state index contributed by atoms with van der Waals surface area (Å²) in [5, 5.41) is 0. The Balaban J connectivity index is 2.29. The summed E-state index contributed by atoms with van der Waals surface area (Å²) in [6.45, 7) is 5.41. The Morgan fingerprint density at radius 2 is 1.84 bits per heavy atom. The molecule has 0 aliphatic carbocycles. The highest BCUT2D eigenvalue weighted by Gasteiger charge is 2.37. The molecular weight excluding hydrogens is 242 g/mol. The van der Waals surface area contributed by atoms with Gasteiger partial charge in [-0.3, -0.25) is 9.59 Å². The van der Waals surface area contributed by atoms with Gasteiger partial charge in [0.2, 0.25) is 5.91 Å². The summed E-state index contributed by atoms with van der Waals surface area (Å²) in [6.07, 6.45) is 6.39. The van der Waals surface area contributed by atoms with Gasteiger partial charge in [-0.15, -0.1) is 0 Å². The highest BCUT2D eigenvalue weighted by molar-refractivity contribution is 5.79. The number of hydrogen-bond acceptors (Lipinski definition) is 3. The number of methoxy groups -OCH3 is 1. The van der Waals surface area contributed by atoms with Crippen LogP contribution in [-0.2, 0) is 14.3 Å². The number of esters is 1. The van der Waals surface area contributed by atoms with Crippen LogP contribution in [0, 0.1) is 11.8 Å². The molecule has 1 heterocycles. The Bertz CT molecular complexity index is 304. The molecule has 2 unspecified atom stereocenters. The van der Waals surface area contributed by atoms with Gasteiger partial charge in [0, 0.05) is 19.5 Å². The Morgan fingerprint density at radius 3 is 2.47 bits per heavy atom. The van der Waals surface area contributed by atoms with Crippen molar-refractivity contribution in [3.8, 4) is 0 Å². The number of carbonyl (C=O) groups is 2. The summed E-state index contributed by atoms with van der Waals surface area (Å²) < 4.78 is 4.78. The first kappa shape index (κ1) is 16.0. The van der Waals surface area contributed by atoms with Gasteiger partial charge < -0.3 is 9.64 Å². The lowest BCUT2D eigenvalue weighted by atomic mass is 9.99. The van der Waals surface area contributed by atoms with Gasteiger partial charge in [-0.1, -0.05) is 39.5 Å². The Morgan fingerprint density at radius 1 is 1.16 bits per heavy atom. The molecule has 0 spiro atoms. The first-order chi connectivity index (χ1) is 9.10. The van der Waals surface area contributed by atoms with Crippen LogP contribution in [0.2, 0.25) is 0 Å². The SMILES string of the molecule is CCCCCCCC(=O)N1CC(C)C(C(=O)OC)C1. The topological polar surface area (TPSA) is 46.6 Å². The van der Waals surface area contributed by atoms with Gasteiger partial charge in [0.05, 0.1) is 13.0 Å². The van der Waals surface area contributed by atoms with Crippen molar-refractivity contribution >= 4 is 11.9 Å². The molecule has 1 rings (SSSR count). The van der Waals surface area contributed by atoms with Gasteiger partial charge >= 0.3 is 5.97 Å². The molecule has 0 aromatic rings. The molecule has 4 heteroatoms. The maximum Gasteiger partial charge on any atom is 0.310 e. The van der Waals surface area contributed by atoms with E-state index in [-0.39, 0.29) is 23.7 Å². The van der Waals surface area contributed by atoms with Gasteiger partial charge in [0.1, 0.15) is 0 Å². The molecule has 0 radical (unpaired) electrons. The minimum Gasteiger partial charge on any atom is -0.469 e. The third-order valence-corrected chi connectivity index (χ3v) is 3.96. The van der Waals surface area contributed by atoms with Crippen molar-refractivity contribution in [2.75, 3.05) is 20.2 Å². The number of ether oxygens (including phenoxy) is 1. The minimum absolute atomic E-state index is 0.144. The lowest BCUT2D eigenvalue weighted by molar-refractivity contribution is -0.146. The van der Waals surface area contributed by atoms with E-state index >= 15 is 0 Å². The van der Waals surface area contributed by atoms with Crippen molar-refractivity contribution in [2.45, 2.75) is 52.4 Å². The standard InChI is InChI=1S/C15H27NO3/c1-4-5-6-7-8-9-14(17)16-10-12(2)13(11-16)15(18)19-3/h12-13H,4-11H2,1-3H3. The molecule has 1 saturated heterocycles. The van der Waals surface area contributed by atoms with Gasteiger partial charge in [-0.25, -0.2) is 0 Å². The second-order valence-corrected chi connectivity index (χ2v) is 5.57. The smallest absolute Gasteiger partial charge is 0.310 e. The van der Waals surface area contributed by atoms with E-state index in [0.29, 0.717) is 19.5 Å². The van der Waals surface area contributed by atoms with Crippen LogP contribution >= 0.6 is 0 Å². The van der Waals surface area contributed by atoms with E-state index in [0.717, 1.165) is 12.8 Å². The third-order valence-electron chi connectivity index (χ3n) is 3.96. The number of amides is 1. The Hall–Kier alpha value is -1.06. The summed E-state index contributed by atoms with van der Waals surface area (Å²) >= 11 is 0. The van der Waals surface area contributed by atoms with Crippen LogP contribution in [0.15, 0.2) is 0 Å². The predicted octanol–water partition coefficient (Wildman–Crippen LogP) is 2.61. The molecule has 1 amide bonds. The van der Waals surface area contributed by atoms with Crippen LogP contribution in [0.1, 0.15) is 52.4 Å². The highest BCUT2D eigenvalue weighted by Crippen LogP contribution is 2.25. The molecule has 1 aliphatic rings. The zero-order valence-corrected chi connectivity index (χ0v) is 12.5. The van der Waals surface area contributed by atoms with Crippen LogP contribution in [0.4, 0.5) is 0 Å². The van der Waals surface area contributed by atoms with Gasteiger partial charge in [-0.05, 0) is 12.3 Å². The number of nitrogens with zero attached hydrogens (tertiary/aromatic N) is 1. The number of rotatable bonds is 7. The summed E-state index contributed by atoms with van der Waals surface area (Å²) in [5.41, 5.74) is 0. The van der Waals surface area contributed by atoms with Crippen molar-refractivity contribution < 1.29 is 14.3 Å². The molecule has 2 atom stereocenters. The van der Waals surface area contributed by atoms with Crippen LogP contribution in [0.5, 0.6) is 0 Å². The fourth-order valence-corrected chi connectivity index (χ4v) is 2.67. The van der Waals surface area contributed by atoms with Crippen molar-refractivity contribution in [1.29, 1.82) is 0 Å². The molecule has 110 valence electrons. The van der Waals surface area contributed by atoms with E-state index in [1.165, 1.54) is 26.4 Å². The molecule has 0 N–H and O–H groups in total. The molecular formula is C15H27NO3. The van der Waals surface area contributed by atoms with E-state index in [1.807, 2.05) is 11.8 Å². The van der Waals surface area contributed by atoms with E-state index in [9.17, 15) is 9.59 Å². The molecule has 0 aromatic carbocycles. The summed E-state index contributed by atoms with van der Waals surface area (Å²) in [6, 6.07) is 0. The maximum atomic E-state index is 12.1. The fourth-order valence-electron chi connectivity index (χ4n) is 2.67. The van der Waals surface area contributed by atoms with E-state index in [1.54, 1.807) is 0 Å². The second kappa shape index (κ2) is 8.18. The number of carbonyl (C=O) groups excluding carboxylic acids is 2. The minimum atomic E-state index is -0.189. The molecule has 19 heavy (non-hydrogen) atoms. The van der Waals surface area contributed by atoms with Crippen LogP contribution in [-0.4, -0.2) is 37.0 Å². The third kappa shape index (κ3) is 4.84. The molecule has 1 fully saturated rings. The second-order valence-electron chi connectivity index (χ2n) is 5.57. The highest BCUT2D eigenvalue weighted by atomic mass is 16.5. The first-order valence-corrected chi connectivity index (χ1v) is 7.45. The van der Waals surface area contributed by atoms with Crippen molar-refractivity contribution in [1.82, 2.24) is 4.90 Å². The quantitative estimate of drug-likeness (QED) is 0.527. The number of hydrogen-bond donors (Lipinski definition) is 0. The molecule has 1 aliphatic heterocycles. The summed E-state index contributed by atoms with van der Waals surface area (Å²) in [5.74, 6) is 0.0611. The van der Waals surface area contributed by atoms with Crippen LogP contribution < -0.4 is 0 Å². The summed E-state index contributed by atoms with van der Waals surface area (Å²) in [4.78, 5) is 25.4. The van der Waals surface area contributed by atoms with E-state index in [4.69, 9.17) is 4.74 Å². The van der Waals surface area contributed by atoms with Crippen LogP contribution in [0.25, 0.3) is 0 Å². The first-order valence-electron chi connectivity index (χ1n) is 7.45. The van der Waals surface area contributed by atoms with Crippen molar-refractivity contribution in [2.24, 2.45) is 11.8 Å². The van der Waals surface area contributed by atoms with Gasteiger partial charge in [0.25, 0.3) is 0 Å². The van der Waals surface area contributed by atoms with Crippen molar-refractivity contribution in [3.63, 3.8) is 0 Å². The van der Waals surface area contributed by atoms with Gasteiger partial charge in [-0.2, -0.15) is 0 Å². The van der Waals surface area contributed by atoms with Crippen LogP contribution in [0.3, 0.4) is 0 Å².